The van der Waals surface area contributed by atoms with Gasteiger partial charge in [-0.05, 0) is 31.6 Å². The average molecular weight is 197 g/mol. The van der Waals surface area contributed by atoms with Crippen LogP contribution in [0.15, 0.2) is 0 Å². The van der Waals surface area contributed by atoms with Crippen LogP contribution in [0.25, 0.3) is 0 Å². The van der Waals surface area contributed by atoms with Gasteiger partial charge in [0.25, 0.3) is 0 Å². The predicted octanol–water partition coefficient (Wildman–Crippen LogP) is 1.10. The highest BCUT2D eigenvalue weighted by molar-refractivity contribution is 4.99. The molecule has 1 saturated carbocycles. The Balaban J connectivity index is 1.82. The molecule has 1 saturated heterocycles. The van der Waals surface area contributed by atoms with Crippen LogP contribution in [-0.4, -0.2) is 30.2 Å². The molecule has 0 amide bonds. The van der Waals surface area contributed by atoms with E-state index in [1.807, 2.05) is 0 Å². The van der Waals surface area contributed by atoms with Crippen molar-refractivity contribution in [2.45, 2.75) is 44.6 Å². The van der Waals surface area contributed by atoms with Crippen molar-refractivity contribution >= 4 is 0 Å². The van der Waals surface area contributed by atoms with Gasteiger partial charge in [0.2, 0.25) is 0 Å². The van der Waals surface area contributed by atoms with Gasteiger partial charge in [-0.2, -0.15) is 0 Å². The number of hydrogen-bond acceptors (Lipinski definition) is 3. The molecular weight excluding hydrogens is 174 g/mol. The molecule has 0 aromatic carbocycles. The van der Waals surface area contributed by atoms with Gasteiger partial charge in [0.1, 0.15) is 0 Å². The minimum absolute atomic E-state index is 0.247. The van der Waals surface area contributed by atoms with Gasteiger partial charge in [-0.25, -0.2) is 10.4 Å². The lowest BCUT2D eigenvalue weighted by Gasteiger charge is -2.49. The van der Waals surface area contributed by atoms with E-state index in [2.05, 4.69) is 17.4 Å². The van der Waals surface area contributed by atoms with E-state index in [4.69, 9.17) is 5.73 Å². The fourth-order valence-corrected chi connectivity index (χ4v) is 2.92. The van der Waals surface area contributed by atoms with Crippen LogP contribution in [0.1, 0.15) is 39.0 Å². The number of nitrogens with one attached hydrogen (secondary N) is 1. The molecule has 0 unspecified atom stereocenters. The highest BCUT2D eigenvalue weighted by Gasteiger charge is 2.41. The van der Waals surface area contributed by atoms with Crippen molar-refractivity contribution in [3.63, 3.8) is 0 Å². The summed E-state index contributed by atoms with van der Waals surface area (Å²) in [6.07, 6.45) is 6.57. The molecule has 3 heteroatoms. The zero-order valence-corrected chi connectivity index (χ0v) is 9.26. The number of rotatable bonds is 3. The minimum atomic E-state index is 0.247. The largest absolute Gasteiger partial charge is 0.329 e. The lowest BCUT2D eigenvalue weighted by molar-refractivity contribution is 0.0123. The van der Waals surface area contributed by atoms with Crippen molar-refractivity contribution in [3.8, 4) is 0 Å². The molecule has 0 atom stereocenters. The van der Waals surface area contributed by atoms with Crippen molar-refractivity contribution in [1.29, 1.82) is 0 Å². The molecule has 0 aromatic rings. The first-order valence-corrected chi connectivity index (χ1v) is 5.97. The highest BCUT2D eigenvalue weighted by Crippen LogP contribution is 2.37. The first-order valence-electron chi connectivity index (χ1n) is 5.97. The summed E-state index contributed by atoms with van der Waals surface area (Å²) in [4.78, 5) is 0. The third-order valence-corrected chi connectivity index (χ3v) is 3.62. The second-order valence-electron chi connectivity index (χ2n) is 5.16. The molecule has 2 aliphatic rings. The molecule has 1 aliphatic heterocycles. The topological polar surface area (TPSA) is 41.3 Å². The minimum Gasteiger partial charge on any atom is -0.329 e. The van der Waals surface area contributed by atoms with Gasteiger partial charge in [-0.15, -0.1) is 0 Å². The summed E-state index contributed by atoms with van der Waals surface area (Å²) in [7, 11) is 0. The molecule has 0 radical (unpaired) electrons. The molecular formula is C11H23N3. The summed E-state index contributed by atoms with van der Waals surface area (Å²) >= 11 is 0. The quantitative estimate of drug-likeness (QED) is 0.712. The van der Waals surface area contributed by atoms with Crippen LogP contribution in [0.4, 0.5) is 0 Å². The molecule has 1 aliphatic carbocycles. The van der Waals surface area contributed by atoms with E-state index < -0.39 is 0 Å². The van der Waals surface area contributed by atoms with E-state index in [9.17, 15) is 0 Å². The van der Waals surface area contributed by atoms with Gasteiger partial charge >= 0.3 is 0 Å². The van der Waals surface area contributed by atoms with Crippen molar-refractivity contribution in [2.75, 3.05) is 19.6 Å². The van der Waals surface area contributed by atoms with Crippen molar-refractivity contribution < 1.29 is 0 Å². The molecule has 3 nitrogen and oxygen atoms in total. The maximum absolute atomic E-state index is 5.86. The van der Waals surface area contributed by atoms with E-state index in [0.29, 0.717) is 0 Å². The van der Waals surface area contributed by atoms with Crippen molar-refractivity contribution in [3.05, 3.63) is 0 Å². The van der Waals surface area contributed by atoms with E-state index in [1.165, 1.54) is 45.2 Å². The first kappa shape index (κ1) is 10.4. The van der Waals surface area contributed by atoms with Crippen LogP contribution in [0.2, 0.25) is 0 Å². The Morgan fingerprint density at radius 1 is 1.29 bits per heavy atom. The summed E-state index contributed by atoms with van der Waals surface area (Å²) in [6, 6.07) is 0. The molecule has 1 heterocycles. The summed E-state index contributed by atoms with van der Waals surface area (Å²) < 4.78 is 0. The SMILES string of the molecule is CC1CC(CN)(NN2CCCCC2)C1. The van der Waals surface area contributed by atoms with Crippen LogP contribution in [0.5, 0.6) is 0 Å². The summed E-state index contributed by atoms with van der Waals surface area (Å²) in [5.41, 5.74) is 9.76. The van der Waals surface area contributed by atoms with Crippen LogP contribution >= 0.6 is 0 Å². The fraction of sp³-hybridized carbons (Fsp3) is 1.00. The number of hydrazine groups is 1. The van der Waals surface area contributed by atoms with Gasteiger partial charge in [0, 0.05) is 25.2 Å². The van der Waals surface area contributed by atoms with E-state index in [-0.39, 0.29) is 5.54 Å². The van der Waals surface area contributed by atoms with E-state index >= 15 is 0 Å². The second-order valence-corrected chi connectivity index (χ2v) is 5.16. The molecule has 0 aromatic heterocycles. The Morgan fingerprint density at radius 2 is 1.93 bits per heavy atom. The smallest absolute Gasteiger partial charge is 0.0453 e. The molecule has 14 heavy (non-hydrogen) atoms. The Bertz CT molecular complexity index is 181. The first-order chi connectivity index (χ1) is 6.74. The zero-order chi connectivity index (χ0) is 10.0. The van der Waals surface area contributed by atoms with Crippen molar-refractivity contribution in [1.82, 2.24) is 10.4 Å². The number of piperidine rings is 1. The van der Waals surface area contributed by atoms with Gasteiger partial charge in [0.15, 0.2) is 0 Å². The Labute approximate surface area is 87.0 Å². The van der Waals surface area contributed by atoms with E-state index in [1.54, 1.807) is 0 Å². The molecule has 0 spiro atoms. The van der Waals surface area contributed by atoms with Crippen LogP contribution < -0.4 is 11.2 Å². The molecule has 2 fully saturated rings. The maximum atomic E-state index is 5.86. The number of hydrogen-bond donors (Lipinski definition) is 2. The Kier molecular flexibility index (Phi) is 3.10. The van der Waals surface area contributed by atoms with Crippen molar-refractivity contribution in [2.24, 2.45) is 11.7 Å². The lowest BCUT2D eigenvalue weighted by atomic mass is 9.69. The lowest BCUT2D eigenvalue weighted by Crippen LogP contribution is -2.65. The average Bonchev–Trinajstić information content (AvgIpc) is 2.16. The second kappa shape index (κ2) is 4.17. The van der Waals surface area contributed by atoms with Gasteiger partial charge in [-0.1, -0.05) is 13.3 Å². The number of nitrogens with two attached hydrogens (primary N) is 1. The molecule has 2 rings (SSSR count). The predicted molar refractivity (Wildman–Crippen MR) is 58.7 cm³/mol. The highest BCUT2D eigenvalue weighted by atomic mass is 15.5. The Morgan fingerprint density at radius 3 is 2.43 bits per heavy atom. The normalized spacial score (nSPS) is 39.4. The summed E-state index contributed by atoms with van der Waals surface area (Å²) in [5.74, 6) is 0.857. The number of nitrogens with zero attached hydrogens (tertiary/aromatic N) is 1. The molecule has 82 valence electrons. The summed E-state index contributed by atoms with van der Waals surface area (Å²) in [5, 5.41) is 2.39. The standard InChI is InChI=1S/C11H23N3/c1-10-7-11(8-10,9-12)13-14-5-3-2-4-6-14/h10,13H,2-9,12H2,1H3. The molecule has 3 N–H and O–H groups in total. The van der Waals surface area contributed by atoms with Gasteiger partial charge in [0.05, 0.1) is 0 Å². The third-order valence-electron chi connectivity index (χ3n) is 3.62. The van der Waals surface area contributed by atoms with E-state index in [0.717, 1.165) is 12.5 Å². The zero-order valence-electron chi connectivity index (χ0n) is 9.26. The monoisotopic (exact) mass is 197 g/mol. The van der Waals surface area contributed by atoms with Gasteiger partial charge in [-0.3, -0.25) is 0 Å². The fourth-order valence-electron chi connectivity index (χ4n) is 2.92. The maximum Gasteiger partial charge on any atom is 0.0453 e. The van der Waals surface area contributed by atoms with Crippen LogP contribution in [0, 0.1) is 5.92 Å². The third kappa shape index (κ3) is 2.10. The molecule has 0 bridgehead atoms. The van der Waals surface area contributed by atoms with Crippen LogP contribution in [0.3, 0.4) is 0 Å². The summed E-state index contributed by atoms with van der Waals surface area (Å²) in [6.45, 7) is 5.51. The Hall–Kier alpha value is -0.120. The van der Waals surface area contributed by atoms with Gasteiger partial charge < -0.3 is 5.73 Å². The van der Waals surface area contributed by atoms with Crippen LogP contribution in [-0.2, 0) is 0 Å².